The van der Waals surface area contributed by atoms with Crippen molar-refractivity contribution in [3.63, 3.8) is 0 Å². The molecule has 5 rings (SSSR count). The van der Waals surface area contributed by atoms with E-state index in [4.69, 9.17) is 9.90 Å². The van der Waals surface area contributed by atoms with Crippen LogP contribution in [0.3, 0.4) is 0 Å². The number of amides is 1. The van der Waals surface area contributed by atoms with Crippen molar-refractivity contribution in [3.8, 4) is 11.1 Å². The lowest BCUT2D eigenvalue weighted by molar-refractivity contribution is -0.192. The molecule has 0 spiro atoms. The Balaban J connectivity index is 0.000000384. The van der Waals surface area contributed by atoms with Gasteiger partial charge in [0.05, 0.1) is 5.56 Å². The number of rotatable bonds is 3. The summed E-state index contributed by atoms with van der Waals surface area (Å²) in [5.74, 6) is -2.78. The Morgan fingerprint density at radius 2 is 1.69 bits per heavy atom. The third-order valence-corrected chi connectivity index (χ3v) is 5.55. The zero-order valence-corrected chi connectivity index (χ0v) is 18.6. The second kappa shape index (κ2) is 10.1. The Bertz CT molecular complexity index is 1390. The normalized spacial score (nSPS) is 15.4. The van der Waals surface area contributed by atoms with Crippen molar-refractivity contribution in [1.29, 1.82) is 0 Å². The number of nitrogens with zero attached hydrogens (tertiary/aromatic N) is 5. The molecule has 1 atom stereocenters. The van der Waals surface area contributed by atoms with Crippen LogP contribution in [-0.4, -0.2) is 60.7 Å². The number of aliphatic carboxylic acids is 1. The predicted molar refractivity (Wildman–Crippen MR) is 120 cm³/mol. The number of pyridine rings is 2. The number of carboxylic acids is 1. The lowest BCUT2D eigenvalue weighted by atomic mass is 10.1. The van der Waals surface area contributed by atoms with Crippen LogP contribution >= 0.6 is 0 Å². The van der Waals surface area contributed by atoms with Gasteiger partial charge < -0.3 is 10.0 Å². The van der Waals surface area contributed by atoms with Gasteiger partial charge in [0.25, 0.3) is 5.91 Å². The maximum Gasteiger partial charge on any atom is 0.490 e. The van der Waals surface area contributed by atoms with Crippen molar-refractivity contribution >= 4 is 17.5 Å². The van der Waals surface area contributed by atoms with Crippen LogP contribution < -0.4 is 0 Å². The predicted octanol–water partition coefficient (Wildman–Crippen LogP) is 4.19. The number of aromatic nitrogens is 4. The molecule has 3 aromatic heterocycles. The van der Waals surface area contributed by atoms with E-state index >= 15 is 0 Å². The summed E-state index contributed by atoms with van der Waals surface area (Å²) in [4.78, 5) is 31.9. The van der Waals surface area contributed by atoms with Crippen LogP contribution in [0.25, 0.3) is 16.8 Å². The zero-order valence-electron chi connectivity index (χ0n) is 18.6. The van der Waals surface area contributed by atoms with Gasteiger partial charge in [-0.05, 0) is 48.4 Å². The Morgan fingerprint density at radius 1 is 1.00 bits per heavy atom. The van der Waals surface area contributed by atoms with Crippen LogP contribution in [0.15, 0.2) is 67.1 Å². The average Bonchev–Trinajstić information content (AvgIpc) is 3.51. The molecule has 0 aliphatic carbocycles. The number of hydrogen-bond donors (Lipinski definition) is 1. The first-order valence-electron chi connectivity index (χ1n) is 10.7. The van der Waals surface area contributed by atoms with Crippen molar-refractivity contribution in [2.75, 3.05) is 13.1 Å². The fourth-order valence-electron chi connectivity index (χ4n) is 3.75. The highest BCUT2D eigenvalue weighted by molar-refractivity contribution is 5.94. The minimum absolute atomic E-state index is 0.0370. The van der Waals surface area contributed by atoms with E-state index in [0.29, 0.717) is 18.9 Å². The minimum Gasteiger partial charge on any atom is -0.475 e. The molecule has 0 bridgehead atoms. The van der Waals surface area contributed by atoms with Crippen LogP contribution in [0.1, 0.15) is 28.5 Å². The summed E-state index contributed by atoms with van der Waals surface area (Å²) in [5.41, 5.74) is 2.95. The number of alkyl halides is 3. The van der Waals surface area contributed by atoms with Gasteiger partial charge >= 0.3 is 12.1 Å². The summed E-state index contributed by atoms with van der Waals surface area (Å²) in [7, 11) is 0. The fraction of sp³-hybridized carbons (Fsp3) is 0.208. The Morgan fingerprint density at radius 3 is 2.36 bits per heavy atom. The van der Waals surface area contributed by atoms with Crippen molar-refractivity contribution < 1.29 is 32.3 Å². The van der Waals surface area contributed by atoms with Gasteiger partial charge in [0.1, 0.15) is 5.82 Å². The second-order valence-electron chi connectivity index (χ2n) is 7.95. The number of benzene rings is 1. The van der Waals surface area contributed by atoms with Gasteiger partial charge in [-0.3, -0.25) is 9.78 Å². The molecule has 1 aromatic carbocycles. The number of halogens is 4. The van der Waals surface area contributed by atoms with Crippen LogP contribution in [-0.2, 0) is 4.79 Å². The van der Waals surface area contributed by atoms with Crippen LogP contribution in [0, 0.1) is 5.82 Å². The van der Waals surface area contributed by atoms with Crippen LogP contribution in [0.5, 0.6) is 0 Å². The van der Waals surface area contributed by atoms with Gasteiger partial charge in [0.2, 0.25) is 0 Å². The third-order valence-electron chi connectivity index (χ3n) is 5.55. The number of fused-ring (bicyclic) bond motifs is 1. The van der Waals surface area contributed by atoms with Gasteiger partial charge in [-0.2, -0.15) is 18.3 Å². The molecule has 1 aliphatic rings. The summed E-state index contributed by atoms with van der Waals surface area (Å²) in [6.07, 6.45) is 1.13. The molecule has 1 unspecified atom stereocenters. The first-order valence-corrected chi connectivity index (χ1v) is 10.7. The molecule has 0 saturated carbocycles. The standard InChI is InChI=1S/C22H18FN5O.C2HF3O2/c23-19-4-2-1-3-18(19)22(29)27-12-9-17(13-27)21-25-20-6-5-16(14-28(20)26-21)15-7-10-24-11-8-15;3-2(4,5)1(6)7/h1-8,10-11,14,17H,9,12-13H2;(H,6,7). The SMILES string of the molecule is O=C(O)C(F)(F)F.O=C(c1ccccc1F)N1CCC(c2nc3ccc(-c4ccncc4)cn3n2)C1. The number of hydrogen-bond acceptors (Lipinski definition) is 5. The molecule has 36 heavy (non-hydrogen) atoms. The van der Waals surface area contributed by atoms with E-state index in [1.165, 1.54) is 12.1 Å². The molecule has 8 nitrogen and oxygen atoms in total. The summed E-state index contributed by atoms with van der Waals surface area (Å²) >= 11 is 0. The molecule has 1 aliphatic heterocycles. The molecule has 186 valence electrons. The van der Waals surface area contributed by atoms with E-state index in [2.05, 4.69) is 15.1 Å². The molecule has 1 saturated heterocycles. The maximum atomic E-state index is 14.0. The van der Waals surface area contributed by atoms with Crippen molar-refractivity contribution in [2.24, 2.45) is 0 Å². The van der Waals surface area contributed by atoms with Crippen molar-refractivity contribution in [3.05, 3.63) is 84.3 Å². The van der Waals surface area contributed by atoms with Gasteiger partial charge in [-0.1, -0.05) is 12.1 Å². The number of carboxylic acid groups (broad SMARTS) is 1. The van der Waals surface area contributed by atoms with Gasteiger partial charge in [-0.25, -0.2) is 18.7 Å². The molecule has 0 radical (unpaired) electrons. The number of carbonyl (C=O) groups excluding carboxylic acids is 1. The van der Waals surface area contributed by atoms with Crippen LogP contribution in [0.2, 0.25) is 0 Å². The van der Waals surface area contributed by atoms with Gasteiger partial charge in [0.15, 0.2) is 11.5 Å². The highest BCUT2D eigenvalue weighted by Crippen LogP contribution is 2.27. The highest BCUT2D eigenvalue weighted by atomic mass is 19.4. The summed E-state index contributed by atoms with van der Waals surface area (Å²) in [5, 5.41) is 11.8. The lowest BCUT2D eigenvalue weighted by Crippen LogP contribution is -2.29. The smallest absolute Gasteiger partial charge is 0.475 e. The minimum atomic E-state index is -5.08. The molecular weight excluding hydrogens is 482 g/mol. The topological polar surface area (TPSA) is 101 Å². The number of carbonyl (C=O) groups is 2. The maximum absolute atomic E-state index is 14.0. The lowest BCUT2D eigenvalue weighted by Gasteiger charge is -2.16. The fourth-order valence-corrected chi connectivity index (χ4v) is 3.75. The van der Waals surface area contributed by atoms with E-state index in [1.807, 2.05) is 30.5 Å². The largest absolute Gasteiger partial charge is 0.490 e. The second-order valence-corrected chi connectivity index (χ2v) is 7.95. The highest BCUT2D eigenvalue weighted by Gasteiger charge is 2.38. The summed E-state index contributed by atoms with van der Waals surface area (Å²) in [6, 6.07) is 13.9. The van der Waals surface area contributed by atoms with Gasteiger partial charge in [0, 0.05) is 43.2 Å². The third kappa shape index (κ3) is 5.48. The quantitative estimate of drug-likeness (QED) is 0.423. The molecule has 12 heteroatoms. The first kappa shape index (κ1) is 24.8. The molecular formula is C24H19F4N5O3. The van der Waals surface area contributed by atoms with E-state index in [-0.39, 0.29) is 17.4 Å². The van der Waals surface area contributed by atoms with E-state index in [9.17, 15) is 22.4 Å². The average molecular weight is 501 g/mol. The molecule has 4 aromatic rings. The van der Waals surface area contributed by atoms with E-state index in [0.717, 1.165) is 23.2 Å². The molecule has 4 heterocycles. The summed E-state index contributed by atoms with van der Waals surface area (Å²) < 4.78 is 47.5. The van der Waals surface area contributed by atoms with E-state index in [1.54, 1.807) is 33.9 Å². The van der Waals surface area contributed by atoms with Crippen molar-refractivity contribution in [2.45, 2.75) is 18.5 Å². The van der Waals surface area contributed by atoms with Crippen molar-refractivity contribution in [1.82, 2.24) is 24.5 Å². The zero-order chi connectivity index (χ0) is 25.9. The summed E-state index contributed by atoms with van der Waals surface area (Å²) in [6.45, 7) is 1.05. The molecule has 1 fully saturated rings. The Hall–Kier alpha value is -4.35. The molecule has 1 N–H and O–H groups in total. The first-order chi connectivity index (χ1) is 17.1. The Kier molecular flexibility index (Phi) is 6.95. The Labute approximate surface area is 201 Å². The monoisotopic (exact) mass is 501 g/mol. The molecule has 1 amide bonds. The number of likely N-dealkylation sites (tertiary alicyclic amines) is 1. The van der Waals surface area contributed by atoms with Crippen LogP contribution in [0.4, 0.5) is 17.6 Å². The van der Waals surface area contributed by atoms with E-state index < -0.39 is 18.0 Å². The van der Waals surface area contributed by atoms with Gasteiger partial charge in [-0.15, -0.1) is 0 Å².